The average molecular weight is 325 g/mol. The van der Waals surface area contributed by atoms with Gasteiger partial charge in [0.05, 0.1) is 5.02 Å². The molecule has 0 aromatic heterocycles. The van der Waals surface area contributed by atoms with E-state index in [1.165, 1.54) is 0 Å². The van der Waals surface area contributed by atoms with E-state index in [1.54, 1.807) is 0 Å². The Hall–Kier alpha value is 0.1000. The zero-order chi connectivity index (χ0) is 12.0. The highest BCUT2D eigenvalue weighted by Crippen LogP contribution is 2.22. The van der Waals surface area contributed by atoms with E-state index in [9.17, 15) is 4.21 Å². The van der Waals surface area contributed by atoms with Crippen molar-refractivity contribution in [1.82, 2.24) is 5.32 Å². The fourth-order valence-electron chi connectivity index (χ4n) is 1.21. The van der Waals surface area contributed by atoms with Crippen molar-refractivity contribution in [2.24, 2.45) is 0 Å². The molecule has 0 aliphatic heterocycles. The summed E-state index contributed by atoms with van der Waals surface area (Å²) in [5.41, 5.74) is 1.13. The number of hydrogen-bond donors (Lipinski definition) is 1. The zero-order valence-electron chi connectivity index (χ0n) is 9.13. The van der Waals surface area contributed by atoms with Gasteiger partial charge in [-0.25, -0.2) is 0 Å². The van der Waals surface area contributed by atoms with Gasteiger partial charge in [0.15, 0.2) is 0 Å². The summed E-state index contributed by atoms with van der Waals surface area (Å²) in [6, 6.07) is 5.87. The van der Waals surface area contributed by atoms with E-state index in [1.807, 2.05) is 25.1 Å². The van der Waals surface area contributed by atoms with E-state index in [-0.39, 0.29) is 0 Å². The van der Waals surface area contributed by atoms with Gasteiger partial charge in [-0.1, -0.05) is 24.6 Å². The van der Waals surface area contributed by atoms with E-state index in [0.29, 0.717) is 5.75 Å². The van der Waals surface area contributed by atoms with Gasteiger partial charge in [0.1, 0.15) is 0 Å². The lowest BCUT2D eigenvalue weighted by Crippen LogP contribution is -2.20. The molecule has 0 aliphatic carbocycles. The fraction of sp³-hybridized carbons (Fsp3) is 0.455. The van der Waals surface area contributed by atoms with Crippen LogP contribution < -0.4 is 5.32 Å². The molecule has 0 saturated carbocycles. The molecule has 16 heavy (non-hydrogen) atoms. The molecule has 1 rings (SSSR count). The number of hydrogen-bond acceptors (Lipinski definition) is 2. The Morgan fingerprint density at radius 2 is 2.25 bits per heavy atom. The molecule has 1 aromatic rings. The summed E-state index contributed by atoms with van der Waals surface area (Å²) < 4.78 is 12.1. The van der Waals surface area contributed by atoms with Crippen LogP contribution in [-0.4, -0.2) is 22.3 Å². The molecule has 90 valence electrons. The molecule has 0 aliphatic rings. The molecule has 0 fully saturated rings. The lowest BCUT2D eigenvalue weighted by Gasteiger charge is -2.05. The standard InChI is InChI=1S/C11H15BrClNOS/c1-2-16(15)6-5-14-8-9-3-4-10(12)11(13)7-9/h3-4,7,14H,2,5-6,8H2,1H3. The van der Waals surface area contributed by atoms with Gasteiger partial charge in [0.2, 0.25) is 0 Å². The molecule has 5 heteroatoms. The number of nitrogens with one attached hydrogen (secondary N) is 1. The Morgan fingerprint density at radius 3 is 2.88 bits per heavy atom. The molecule has 0 spiro atoms. The van der Waals surface area contributed by atoms with Crippen molar-refractivity contribution in [2.45, 2.75) is 13.5 Å². The van der Waals surface area contributed by atoms with Gasteiger partial charge in [-0.15, -0.1) is 0 Å². The minimum atomic E-state index is -0.689. The summed E-state index contributed by atoms with van der Waals surface area (Å²) >= 11 is 9.32. The second kappa shape index (κ2) is 7.43. The van der Waals surface area contributed by atoms with Gasteiger partial charge in [-0.2, -0.15) is 0 Å². The van der Waals surface area contributed by atoms with Gasteiger partial charge in [0, 0.05) is 39.9 Å². The molecule has 0 saturated heterocycles. The van der Waals surface area contributed by atoms with E-state index in [4.69, 9.17) is 11.6 Å². The third-order valence-electron chi connectivity index (χ3n) is 2.14. The van der Waals surface area contributed by atoms with E-state index >= 15 is 0 Å². The Labute approximate surface area is 112 Å². The third kappa shape index (κ3) is 4.95. The van der Waals surface area contributed by atoms with Crippen LogP contribution in [0.5, 0.6) is 0 Å². The molecule has 0 radical (unpaired) electrons. The summed E-state index contributed by atoms with van der Waals surface area (Å²) in [5.74, 6) is 1.44. The van der Waals surface area contributed by atoms with Crippen LogP contribution >= 0.6 is 27.5 Å². The minimum Gasteiger partial charge on any atom is -0.312 e. The van der Waals surface area contributed by atoms with Crippen molar-refractivity contribution in [3.8, 4) is 0 Å². The van der Waals surface area contributed by atoms with Gasteiger partial charge in [0.25, 0.3) is 0 Å². The lowest BCUT2D eigenvalue weighted by atomic mass is 10.2. The average Bonchev–Trinajstić information content (AvgIpc) is 2.28. The zero-order valence-corrected chi connectivity index (χ0v) is 12.3. The minimum absolute atomic E-state index is 0.689. The van der Waals surface area contributed by atoms with Crippen LogP contribution in [0.3, 0.4) is 0 Å². The largest absolute Gasteiger partial charge is 0.312 e. The lowest BCUT2D eigenvalue weighted by molar-refractivity contribution is 0.674. The van der Waals surface area contributed by atoms with Crippen molar-refractivity contribution in [3.63, 3.8) is 0 Å². The fourth-order valence-corrected chi connectivity index (χ4v) is 2.32. The van der Waals surface area contributed by atoms with E-state index in [0.717, 1.165) is 33.9 Å². The van der Waals surface area contributed by atoms with Crippen LogP contribution in [0.1, 0.15) is 12.5 Å². The van der Waals surface area contributed by atoms with E-state index < -0.39 is 10.8 Å². The summed E-state index contributed by atoms with van der Waals surface area (Å²) in [5, 5.41) is 3.97. The predicted octanol–water partition coefficient (Wildman–Crippen LogP) is 2.96. The predicted molar refractivity (Wildman–Crippen MR) is 74.4 cm³/mol. The molecule has 2 nitrogen and oxygen atoms in total. The summed E-state index contributed by atoms with van der Waals surface area (Å²) in [7, 11) is -0.689. The Balaban J connectivity index is 2.32. The molecule has 0 bridgehead atoms. The summed E-state index contributed by atoms with van der Waals surface area (Å²) in [4.78, 5) is 0. The van der Waals surface area contributed by atoms with E-state index in [2.05, 4.69) is 21.2 Å². The van der Waals surface area contributed by atoms with Gasteiger partial charge in [-0.3, -0.25) is 4.21 Å². The summed E-state index contributed by atoms with van der Waals surface area (Å²) in [6.45, 7) is 3.46. The Kier molecular flexibility index (Phi) is 6.58. The molecule has 1 unspecified atom stereocenters. The van der Waals surface area contributed by atoms with Crippen LogP contribution in [0.2, 0.25) is 5.02 Å². The van der Waals surface area contributed by atoms with Crippen molar-refractivity contribution in [2.75, 3.05) is 18.1 Å². The maximum absolute atomic E-state index is 11.2. The highest BCUT2D eigenvalue weighted by molar-refractivity contribution is 9.10. The SMILES string of the molecule is CCS(=O)CCNCc1ccc(Br)c(Cl)c1. The van der Waals surface area contributed by atoms with Crippen molar-refractivity contribution in [1.29, 1.82) is 0 Å². The van der Waals surface area contributed by atoms with Crippen molar-refractivity contribution in [3.05, 3.63) is 33.3 Å². The van der Waals surface area contributed by atoms with Crippen molar-refractivity contribution >= 4 is 38.3 Å². The first kappa shape index (κ1) is 14.2. The quantitative estimate of drug-likeness (QED) is 0.815. The van der Waals surface area contributed by atoms with Crippen LogP contribution in [0, 0.1) is 0 Å². The van der Waals surface area contributed by atoms with Crippen LogP contribution in [-0.2, 0) is 17.3 Å². The van der Waals surface area contributed by atoms with Crippen LogP contribution in [0.4, 0.5) is 0 Å². The first-order valence-corrected chi connectivity index (χ1v) is 7.79. The molecule has 1 N–H and O–H groups in total. The molecule has 0 amide bonds. The first-order chi connectivity index (χ1) is 7.63. The Morgan fingerprint density at radius 1 is 1.50 bits per heavy atom. The van der Waals surface area contributed by atoms with Gasteiger partial charge >= 0.3 is 0 Å². The third-order valence-corrected chi connectivity index (χ3v) is 4.68. The highest BCUT2D eigenvalue weighted by atomic mass is 79.9. The van der Waals surface area contributed by atoms with Gasteiger partial charge < -0.3 is 5.32 Å². The second-order valence-corrected chi connectivity index (χ2v) is 6.48. The number of halogens is 2. The van der Waals surface area contributed by atoms with Crippen LogP contribution in [0.15, 0.2) is 22.7 Å². The Bertz CT molecular complexity index is 373. The highest BCUT2D eigenvalue weighted by Gasteiger charge is 1.99. The molecular weight excluding hydrogens is 310 g/mol. The maximum atomic E-state index is 11.2. The van der Waals surface area contributed by atoms with Gasteiger partial charge in [-0.05, 0) is 33.6 Å². The molecule has 1 aromatic carbocycles. The molecule has 0 heterocycles. The smallest absolute Gasteiger partial charge is 0.0551 e. The second-order valence-electron chi connectivity index (χ2n) is 3.36. The number of rotatable bonds is 6. The molecular formula is C11H15BrClNOS. The normalized spacial score (nSPS) is 12.7. The maximum Gasteiger partial charge on any atom is 0.0551 e. The monoisotopic (exact) mass is 323 g/mol. The van der Waals surface area contributed by atoms with Crippen LogP contribution in [0.25, 0.3) is 0 Å². The number of benzene rings is 1. The van der Waals surface area contributed by atoms with Crippen molar-refractivity contribution < 1.29 is 4.21 Å². The summed E-state index contributed by atoms with van der Waals surface area (Å²) in [6.07, 6.45) is 0. The topological polar surface area (TPSA) is 29.1 Å². The first-order valence-electron chi connectivity index (χ1n) is 5.13. The molecule has 1 atom stereocenters.